The number of aliphatic hydroxyl groups is 1. The van der Waals surface area contributed by atoms with Crippen molar-refractivity contribution in [2.45, 2.75) is 18.4 Å². The van der Waals surface area contributed by atoms with Gasteiger partial charge in [0.05, 0.1) is 12.8 Å². The summed E-state index contributed by atoms with van der Waals surface area (Å²) in [6.45, 7) is 0. The number of hydrogen-bond acceptors (Lipinski definition) is 13. The van der Waals surface area contributed by atoms with Gasteiger partial charge in [0.25, 0.3) is 0 Å². The zero-order chi connectivity index (χ0) is 25.0. The fourth-order valence-corrected chi connectivity index (χ4v) is 0.714. The third kappa shape index (κ3) is 45.8. The molecular formula is C8H15CoNO18Si. The van der Waals surface area contributed by atoms with Crippen molar-refractivity contribution in [1.82, 2.24) is 0 Å². The Morgan fingerprint density at radius 1 is 0.759 bits per heavy atom. The van der Waals surface area contributed by atoms with Crippen molar-refractivity contribution in [3.05, 3.63) is 4.91 Å². The molecule has 0 saturated carbocycles. The zero-order valence-electron chi connectivity index (χ0n) is 13.5. The van der Waals surface area contributed by atoms with Crippen LogP contribution in [0.4, 0.5) is 0 Å². The van der Waals surface area contributed by atoms with Crippen molar-refractivity contribution in [3.8, 4) is 0 Å². The molecule has 0 aromatic carbocycles. The molecule has 0 amide bonds. The third-order valence-electron chi connectivity index (χ3n) is 1.47. The van der Waals surface area contributed by atoms with Crippen LogP contribution in [-0.2, 0) is 43.5 Å². The summed E-state index contributed by atoms with van der Waals surface area (Å²) < 4.78 is 7.94. The van der Waals surface area contributed by atoms with Crippen molar-refractivity contribution in [2.75, 3.05) is 0 Å². The summed E-state index contributed by atoms with van der Waals surface area (Å²) >= 11 is 2.31. The molecule has 19 nitrogen and oxygen atoms in total. The molecule has 0 radical (unpaired) electrons. The quantitative estimate of drug-likeness (QED) is 0.0730. The Labute approximate surface area is 166 Å². The summed E-state index contributed by atoms with van der Waals surface area (Å²) in [5.74, 6) is -8.67. The fourth-order valence-electron chi connectivity index (χ4n) is 0.714. The maximum atomic E-state index is 10.3. The van der Waals surface area contributed by atoms with E-state index in [0.29, 0.717) is 0 Å². The Morgan fingerprint density at radius 3 is 1.00 bits per heavy atom. The molecule has 0 aromatic rings. The second kappa shape index (κ2) is 19.8. The van der Waals surface area contributed by atoms with E-state index in [2.05, 4.69) is 15.7 Å². The van der Waals surface area contributed by atoms with Crippen LogP contribution in [0.25, 0.3) is 0 Å². The van der Waals surface area contributed by atoms with Gasteiger partial charge in [0.1, 0.15) is 0 Å². The normalized spacial score (nSPS) is 9.03. The minimum atomic E-state index is -4.61. The first-order valence-electron chi connectivity index (χ1n) is 5.69. The van der Waals surface area contributed by atoms with Gasteiger partial charge >= 0.3 is 58.4 Å². The van der Waals surface area contributed by atoms with Crippen LogP contribution in [0, 0.1) is 4.91 Å². The molecule has 11 N–H and O–H groups in total. The Hall–Kier alpha value is -2.93. The number of carboxylic acid groups (broad SMARTS) is 5. The predicted molar refractivity (Wildman–Crippen MR) is 75.3 cm³/mol. The molecule has 0 atom stereocenters. The summed E-state index contributed by atoms with van der Waals surface area (Å²) in [5.41, 5.74) is -2.74. The first-order valence-corrected chi connectivity index (χ1v) is 7.90. The van der Waals surface area contributed by atoms with E-state index in [0.717, 1.165) is 0 Å². The number of hydrogen-bond donors (Lipinski definition) is 11. The number of nitrogens with zero attached hydrogens (tertiary/aromatic N) is 1. The van der Waals surface area contributed by atoms with Gasteiger partial charge in [0, 0.05) is 0 Å². The Balaban J connectivity index is -0.0000000998. The van der Waals surface area contributed by atoms with E-state index in [9.17, 15) is 14.4 Å². The van der Waals surface area contributed by atoms with E-state index in [1.807, 2.05) is 0 Å². The van der Waals surface area contributed by atoms with Crippen LogP contribution in [0.3, 0.4) is 0 Å². The van der Waals surface area contributed by atoms with Gasteiger partial charge in [-0.05, 0) is 0 Å². The second-order valence-corrected chi connectivity index (χ2v) is 4.97. The van der Waals surface area contributed by atoms with Gasteiger partial charge in [-0.25, -0.2) is 14.4 Å². The monoisotopic (exact) mass is 500 g/mol. The number of carbonyl (C=O) groups is 5. The second-order valence-electron chi connectivity index (χ2n) is 3.77. The van der Waals surface area contributed by atoms with E-state index >= 15 is 0 Å². The van der Waals surface area contributed by atoms with Crippen molar-refractivity contribution in [2.24, 2.45) is 5.34 Å². The van der Waals surface area contributed by atoms with Crippen LogP contribution < -0.4 is 0 Å². The number of rotatable bonds is 5. The summed E-state index contributed by atoms with van der Waals surface area (Å²) in [4.78, 5) is 86.1. The molecule has 0 heterocycles. The van der Waals surface area contributed by atoms with Crippen LogP contribution >= 0.6 is 0 Å². The summed E-state index contributed by atoms with van der Waals surface area (Å²) in [5, 5.41) is 56.5. The predicted octanol–water partition coefficient (Wildman–Crippen LogP) is -4.68. The fraction of sp³-hybridized carbons (Fsp3) is 0.375. The Kier molecular flexibility index (Phi) is 25.2. The van der Waals surface area contributed by atoms with Gasteiger partial charge in [0.15, 0.2) is 10.9 Å². The summed E-state index contributed by atoms with van der Waals surface area (Å²) in [6, 6.07) is 0. The van der Waals surface area contributed by atoms with Crippen LogP contribution in [0.1, 0.15) is 12.8 Å². The molecule has 0 rings (SSSR count). The Morgan fingerprint density at radius 2 is 0.931 bits per heavy atom. The molecule has 0 fully saturated rings. The molecule has 29 heavy (non-hydrogen) atoms. The molecule has 0 aromatic heterocycles. The number of aliphatic carboxylic acids is 5. The third-order valence-corrected chi connectivity index (χ3v) is 1.47. The maximum absolute atomic E-state index is 10.3. The zero-order valence-corrected chi connectivity index (χ0v) is 15.5. The molecule has 0 aliphatic heterocycles. The molecule has 0 spiro atoms. The Bertz CT molecular complexity index is 510. The van der Waals surface area contributed by atoms with E-state index in [4.69, 9.17) is 73.4 Å². The van der Waals surface area contributed by atoms with Gasteiger partial charge in [-0.3, -0.25) is 9.59 Å². The van der Waals surface area contributed by atoms with Gasteiger partial charge in [-0.15, -0.1) is 4.91 Å². The molecule has 0 saturated heterocycles. The summed E-state index contributed by atoms with van der Waals surface area (Å²) in [6.07, 6.45) is -2.29. The van der Waals surface area contributed by atoms with Crippen molar-refractivity contribution in [3.63, 3.8) is 0 Å². The SMILES string of the molecule is O=C(O)C(=O)O.O=C(O)CC(O)(CC(=O)O)C(=O)O.O=NO.O[Si](O)(O)O.[O]=[Co]. The molecule has 0 aliphatic rings. The molecular weight excluding hydrogens is 485 g/mol. The first-order chi connectivity index (χ1) is 12.8. The van der Waals surface area contributed by atoms with Gasteiger partial charge in [-0.2, -0.15) is 0 Å². The molecule has 0 bridgehead atoms. The average molecular weight is 500 g/mol. The van der Waals surface area contributed by atoms with Gasteiger partial charge in [-0.1, -0.05) is 0 Å². The first kappa shape index (κ1) is 36.9. The van der Waals surface area contributed by atoms with Gasteiger partial charge < -0.3 is 55.0 Å². The van der Waals surface area contributed by atoms with Crippen LogP contribution in [0.5, 0.6) is 0 Å². The van der Waals surface area contributed by atoms with Crippen LogP contribution in [0.15, 0.2) is 5.34 Å². The molecule has 21 heteroatoms. The van der Waals surface area contributed by atoms with E-state index in [-0.39, 0.29) is 0 Å². The number of carboxylic acids is 5. The summed E-state index contributed by atoms with van der Waals surface area (Å²) in [7, 11) is -4.61. The van der Waals surface area contributed by atoms with E-state index < -0.39 is 57.3 Å². The topological polar surface area (TPSA) is 354 Å². The van der Waals surface area contributed by atoms with Crippen LogP contribution in [0.2, 0.25) is 0 Å². The van der Waals surface area contributed by atoms with E-state index in [1.165, 1.54) is 5.34 Å². The standard InChI is InChI=1S/C6H8O7.C2H2O4.Co.HNO2.H4O4Si.O/c7-3(8)1-6(13,5(11)12)2-4(9)10;3-1(4)2(5)6;;2-1-3;1-5(2,3)4;/h13H,1-2H2,(H,7,8)(H,9,10)(H,11,12);(H,3,4)(H,5,6);;(H,2,3);1-4H;. The van der Waals surface area contributed by atoms with Crippen molar-refractivity contribution in [1.29, 1.82) is 0 Å². The molecule has 0 unspecified atom stereocenters. The average Bonchev–Trinajstić information content (AvgIpc) is 2.47. The van der Waals surface area contributed by atoms with Gasteiger partial charge in [0.2, 0.25) is 0 Å². The van der Waals surface area contributed by atoms with Crippen LogP contribution in [-0.4, -0.2) is 99.5 Å². The van der Waals surface area contributed by atoms with E-state index in [1.54, 1.807) is 0 Å². The van der Waals surface area contributed by atoms with Crippen molar-refractivity contribution < 1.29 is 98.5 Å². The molecule has 0 aliphatic carbocycles. The van der Waals surface area contributed by atoms with Crippen molar-refractivity contribution >= 4 is 38.9 Å². The molecule has 173 valence electrons. The minimum absolute atomic E-state index is 1.14.